The molecule has 3 N–H and O–H groups in total. The van der Waals surface area contributed by atoms with Crippen LogP contribution >= 0.6 is 0 Å². The number of ether oxygens (including phenoxy) is 2. The first-order valence-corrected chi connectivity index (χ1v) is 11.5. The van der Waals surface area contributed by atoms with Crippen molar-refractivity contribution in [3.63, 3.8) is 0 Å². The molecule has 2 aromatic carbocycles. The number of hydrogen-bond donors (Lipinski definition) is 3. The van der Waals surface area contributed by atoms with Crippen molar-refractivity contribution in [1.82, 2.24) is 19.5 Å². The molecule has 1 aliphatic rings. The molecular weight excluding hydrogens is 446 g/mol. The molecule has 182 valence electrons. The molecule has 1 aliphatic heterocycles. The highest BCUT2D eigenvalue weighted by molar-refractivity contribution is 5.72. The number of piperidine rings is 1. The largest absolute Gasteiger partial charge is 0.496 e. The van der Waals surface area contributed by atoms with Gasteiger partial charge in [-0.2, -0.15) is 0 Å². The molecule has 1 saturated heterocycles. The average molecular weight is 476 g/mol. The lowest BCUT2D eigenvalue weighted by Crippen LogP contribution is -2.52. The Bertz CT molecular complexity index is 1360. The molecular formula is C26H29N5O4. The minimum absolute atomic E-state index is 0.383. The number of nitrogens with one attached hydrogen (secondary N) is 1. The Morgan fingerprint density at radius 1 is 1.06 bits per heavy atom. The summed E-state index contributed by atoms with van der Waals surface area (Å²) in [5.41, 5.74) is 2.57. The zero-order valence-corrected chi connectivity index (χ0v) is 20.0. The highest BCUT2D eigenvalue weighted by Crippen LogP contribution is 2.38. The van der Waals surface area contributed by atoms with Gasteiger partial charge in [0.2, 0.25) is 5.95 Å². The molecule has 2 atom stereocenters. The summed E-state index contributed by atoms with van der Waals surface area (Å²) in [5.74, 6) is 1.66. The monoisotopic (exact) mass is 475 g/mol. The van der Waals surface area contributed by atoms with Crippen LogP contribution in [-0.4, -0.2) is 70.2 Å². The number of methoxy groups -OCH3 is 2. The maximum atomic E-state index is 11.2. The van der Waals surface area contributed by atoms with E-state index >= 15 is 0 Å². The summed E-state index contributed by atoms with van der Waals surface area (Å²) in [6.45, 7) is 1.09. The van der Waals surface area contributed by atoms with Crippen LogP contribution < -0.4 is 14.8 Å². The van der Waals surface area contributed by atoms with Crippen molar-refractivity contribution < 1.29 is 19.7 Å². The number of nitrogens with zero attached hydrogens (tertiary/aromatic N) is 4. The lowest BCUT2D eigenvalue weighted by Gasteiger charge is -2.41. The smallest absolute Gasteiger partial charge is 0.245 e. The fraction of sp³-hybridized carbons (Fsp3) is 0.308. The van der Waals surface area contributed by atoms with Gasteiger partial charge in [-0.25, -0.2) is 9.50 Å². The van der Waals surface area contributed by atoms with E-state index in [0.29, 0.717) is 42.5 Å². The number of hydrogen-bond acceptors (Lipinski definition) is 8. The zero-order valence-electron chi connectivity index (χ0n) is 20.0. The van der Waals surface area contributed by atoms with E-state index in [-0.39, 0.29) is 0 Å². The van der Waals surface area contributed by atoms with Gasteiger partial charge < -0.3 is 29.9 Å². The van der Waals surface area contributed by atoms with Crippen molar-refractivity contribution in [2.75, 3.05) is 39.7 Å². The fourth-order valence-corrected chi connectivity index (χ4v) is 4.61. The van der Waals surface area contributed by atoms with Crippen LogP contribution in [0, 0.1) is 0 Å². The summed E-state index contributed by atoms with van der Waals surface area (Å²) < 4.78 is 12.9. The van der Waals surface area contributed by atoms with E-state index in [0.717, 1.165) is 22.5 Å². The molecule has 9 heteroatoms. The Kier molecular flexibility index (Phi) is 6.06. The van der Waals surface area contributed by atoms with Gasteiger partial charge in [-0.1, -0.05) is 18.2 Å². The molecule has 9 nitrogen and oxygen atoms in total. The summed E-state index contributed by atoms with van der Waals surface area (Å²) in [6.07, 6.45) is 1.28. The van der Waals surface area contributed by atoms with Crippen molar-refractivity contribution >= 4 is 17.2 Å². The number of likely N-dealkylation sites (N-methyl/N-ethyl adjacent to an activating group) is 1. The molecule has 5 rings (SSSR count). The number of aliphatic hydroxyl groups excluding tert-OH is 1. The zero-order chi connectivity index (χ0) is 24.6. The van der Waals surface area contributed by atoms with Crippen molar-refractivity contribution in [2.24, 2.45) is 0 Å². The van der Waals surface area contributed by atoms with E-state index in [1.54, 1.807) is 32.5 Å². The molecule has 3 heterocycles. The third-order valence-electron chi connectivity index (χ3n) is 6.64. The van der Waals surface area contributed by atoms with Gasteiger partial charge in [-0.15, -0.1) is 5.10 Å². The predicted octanol–water partition coefficient (Wildman–Crippen LogP) is 3.04. The van der Waals surface area contributed by atoms with E-state index < -0.39 is 11.7 Å². The maximum absolute atomic E-state index is 11.2. The third kappa shape index (κ3) is 4.18. The quantitative estimate of drug-likeness (QED) is 0.391. The average Bonchev–Trinajstić information content (AvgIpc) is 3.29. The van der Waals surface area contributed by atoms with Crippen molar-refractivity contribution in [3.05, 3.63) is 66.4 Å². The number of fused-ring (bicyclic) bond motifs is 1. The van der Waals surface area contributed by atoms with E-state index in [1.165, 1.54) is 0 Å². The van der Waals surface area contributed by atoms with Crippen LogP contribution in [0.15, 0.2) is 60.8 Å². The lowest BCUT2D eigenvalue weighted by atomic mass is 9.82. The van der Waals surface area contributed by atoms with Gasteiger partial charge in [-0.05, 0) is 55.4 Å². The number of rotatable bonds is 6. The standard InChI is InChI=1S/C26H29N5O4/c1-30-13-12-26(33,24(32)16-30)17-8-10-20(23(14-17)35-3)28-25-27-15-18-9-11-21(31(18)29-25)19-6-4-5-7-22(19)34-2/h4-11,14-15,24,32-33H,12-13,16H2,1-3H3,(H,28,29)/t24-,26-/m0/s1. The van der Waals surface area contributed by atoms with Crippen LogP contribution in [0.2, 0.25) is 0 Å². The molecule has 4 aromatic rings. The molecule has 0 bridgehead atoms. The predicted molar refractivity (Wildman–Crippen MR) is 133 cm³/mol. The molecule has 0 saturated carbocycles. The molecule has 0 radical (unpaired) electrons. The first-order chi connectivity index (χ1) is 16.9. The Morgan fingerprint density at radius 3 is 2.63 bits per heavy atom. The summed E-state index contributed by atoms with van der Waals surface area (Å²) in [4.78, 5) is 6.45. The first kappa shape index (κ1) is 23.1. The number of aliphatic hydroxyl groups is 2. The Hall–Kier alpha value is -3.66. The molecule has 2 aromatic heterocycles. The number of aromatic nitrogens is 3. The molecule has 0 unspecified atom stereocenters. The second kappa shape index (κ2) is 9.18. The Labute approximate surface area is 203 Å². The molecule has 35 heavy (non-hydrogen) atoms. The van der Waals surface area contributed by atoms with Gasteiger partial charge in [0.1, 0.15) is 17.1 Å². The van der Waals surface area contributed by atoms with E-state index in [2.05, 4.69) is 10.3 Å². The summed E-state index contributed by atoms with van der Waals surface area (Å²) in [7, 11) is 5.14. The first-order valence-electron chi connectivity index (χ1n) is 11.5. The second-order valence-electron chi connectivity index (χ2n) is 8.83. The van der Waals surface area contributed by atoms with Gasteiger partial charge in [0.05, 0.1) is 43.4 Å². The SMILES string of the molecule is COc1cc([C@@]2(O)CCN(C)C[C@@H]2O)ccc1Nc1ncc2ccc(-c3ccccc3OC)n2n1. The van der Waals surface area contributed by atoms with Crippen molar-refractivity contribution in [1.29, 1.82) is 0 Å². The number of β-amino-alcohol motifs (C(OH)–C–C–N with tert-alkyl or cyclic N) is 1. The number of benzene rings is 2. The van der Waals surface area contributed by atoms with E-state index in [9.17, 15) is 10.2 Å². The van der Waals surface area contributed by atoms with Crippen LogP contribution in [0.5, 0.6) is 11.5 Å². The van der Waals surface area contributed by atoms with Gasteiger partial charge in [0, 0.05) is 18.7 Å². The van der Waals surface area contributed by atoms with Crippen LogP contribution in [0.1, 0.15) is 12.0 Å². The fourth-order valence-electron chi connectivity index (χ4n) is 4.61. The van der Waals surface area contributed by atoms with Gasteiger partial charge in [-0.3, -0.25) is 0 Å². The molecule has 0 amide bonds. The van der Waals surface area contributed by atoms with Gasteiger partial charge in [0.15, 0.2) is 0 Å². The second-order valence-corrected chi connectivity index (χ2v) is 8.83. The van der Waals surface area contributed by atoms with Crippen LogP contribution in [0.25, 0.3) is 16.8 Å². The normalized spacial score (nSPS) is 20.7. The Balaban J connectivity index is 1.47. The number of likely N-dealkylation sites (tertiary alicyclic amines) is 1. The van der Waals surface area contributed by atoms with Crippen molar-refractivity contribution in [3.8, 4) is 22.8 Å². The van der Waals surface area contributed by atoms with Crippen molar-refractivity contribution in [2.45, 2.75) is 18.1 Å². The minimum atomic E-state index is -1.33. The molecule has 0 aliphatic carbocycles. The van der Waals surface area contributed by atoms with E-state index in [1.807, 2.05) is 58.9 Å². The van der Waals surface area contributed by atoms with Gasteiger partial charge in [0.25, 0.3) is 0 Å². The highest BCUT2D eigenvalue weighted by atomic mass is 16.5. The number of anilines is 2. The Morgan fingerprint density at radius 2 is 1.86 bits per heavy atom. The summed E-state index contributed by atoms with van der Waals surface area (Å²) in [6, 6.07) is 17.1. The van der Waals surface area contributed by atoms with Crippen LogP contribution in [0.3, 0.4) is 0 Å². The highest BCUT2D eigenvalue weighted by Gasteiger charge is 2.41. The molecule has 0 spiro atoms. The summed E-state index contributed by atoms with van der Waals surface area (Å²) >= 11 is 0. The topological polar surface area (TPSA) is 104 Å². The third-order valence-corrected chi connectivity index (χ3v) is 6.64. The summed E-state index contributed by atoms with van der Waals surface area (Å²) in [5, 5.41) is 29.7. The maximum Gasteiger partial charge on any atom is 0.245 e. The number of para-hydroxylation sites is 1. The minimum Gasteiger partial charge on any atom is -0.496 e. The van der Waals surface area contributed by atoms with Gasteiger partial charge >= 0.3 is 0 Å². The van der Waals surface area contributed by atoms with Crippen LogP contribution in [-0.2, 0) is 5.60 Å². The van der Waals surface area contributed by atoms with E-state index in [4.69, 9.17) is 14.6 Å². The van der Waals surface area contributed by atoms with Crippen LogP contribution in [0.4, 0.5) is 11.6 Å². The lowest BCUT2D eigenvalue weighted by molar-refractivity contribution is -0.120. The molecule has 1 fully saturated rings.